The number of nitrogens with zero attached hydrogens (tertiary/aromatic N) is 1. The lowest BCUT2D eigenvalue weighted by molar-refractivity contribution is -0.211. The predicted octanol–water partition coefficient (Wildman–Crippen LogP) is 6.92. The summed E-state index contributed by atoms with van der Waals surface area (Å²) in [5.74, 6) is 3.45. The van der Waals surface area contributed by atoms with Gasteiger partial charge in [0.05, 0.1) is 12.7 Å². The summed E-state index contributed by atoms with van der Waals surface area (Å²) in [6.07, 6.45) is 16.2. The highest BCUT2D eigenvalue weighted by Crippen LogP contribution is 2.71. The van der Waals surface area contributed by atoms with Gasteiger partial charge >= 0.3 is 0 Å². The van der Waals surface area contributed by atoms with Crippen LogP contribution in [0.1, 0.15) is 104 Å². The monoisotopic (exact) mass is 481 g/mol. The number of ether oxygens (including phenoxy) is 2. The number of rotatable bonds is 3. The van der Waals surface area contributed by atoms with Crippen LogP contribution in [0, 0.1) is 69.0 Å². The summed E-state index contributed by atoms with van der Waals surface area (Å²) in [5.41, 5.74) is 0.873. The summed E-state index contributed by atoms with van der Waals surface area (Å²) in [5, 5.41) is 9.82. The summed E-state index contributed by atoms with van der Waals surface area (Å²) in [4.78, 5) is 12.9. The molecule has 0 spiro atoms. The van der Waals surface area contributed by atoms with Crippen molar-refractivity contribution in [2.24, 2.45) is 57.7 Å². The molecule has 6 fully saturated rings. The molecule has 0 aromatic heterocycles. The van der Waals surface area contributed by atoms with Gasteiger partial charge in [-0.2, -0.15) is 5.26 Å². The van der Waals surface area contributed by atoms with E-state index in [1.807, 2.05) is 0 Å². The molecule has 4 heteroatoms. The summed E-state index contributed by atoms with van der Waals surface area (Å²) in [6, 6.07) is 2.41. The number of carbonyl (C=O) groups excluding carboxylic acids is 1. The third kappa shape index (κ3) is 3.61. The zero-order valence-electron chi connectivity index (χ0n) is 22.4. The lowest BCUT2D eigenvalue weighted by Gasteiger charge is -2.67. The number of fused-ring (bicyclic) bond motifs is 7. The van der Waals surface area contributed by atoms with Gasteiger partial charge in [-0.25, -0.2) is 0 Å². The van der Waals surface area contributed by atoms with Crippen LogP contribution in [0.25, 0.3) is 0 Å². The zero-order valence-corrected chi connectivity index (χ0v) is 22.4. The van der Waals surface area contributed by atoms with Gasteiger partial charge in [0, 0.05) is 12.5 Å². The van der Waals surface area contributed by atoms with Crippen LogP contribution in [0.3, 0.4) is 0 Å². The second-order valence-electron chi connectivity index (χ2n) is 14.1. The molecular weight excluding hydrogens is 434 g/mol. The topological polar surface area (TPSA) is 59.3 Å². The number of Topliss-reactive ketones (excluding diaryl/α,β-unsaturated/α-hetero) is 1. The van der Waals surface area contributed by atoms with Crippen LogP contribution >= 0.6 is 0 Å². The van der Waals surface area contributed by atoms with Crippen LogP contribution < -0.4 is 0 Å². The Bertz CT molecular complexity index is 875. The molecule has 0 radical (unpaired) electrons. The predicted molar refractivity (Wildman–Crippen MR) is 135 cm³/mol. The van der Waals surface area contributed by atoms with Crippen molar-refractivity contribution < 1.29 is 14.3 Å². The van der Waals surface area contributed by atoms with Gasteiger partial charge in [0.25, 0.3) is 0 Å². The molecule has 6 rings (SSSR count). The SMILES string of the molecule is CC1C(=O)C(C#N)CC2(C)C1CCC1(C)C3CCC4(COC5CCCCO5)CCCC4C3CCC21. The van der Waals surface area contributed by atoms with Gasteiger partial charge in [-0.1, -0.05) is 27.2 Å². The minimum atomic E-state index is -0.390. The third-order valence-electron chi connectivity index (χ3n) is 12.9. The molecule has 5 aliphatic carbocycles. The van der Waals surface area contributed by atoms with Crippen molar-refractivity contribution in [2.45, 2.75) is 111 Å². The molecule has 0 aromatic rings. The molecule has 194 valence electrons. The number of ketones is 1. The Hall–Kier alpha value is -0.920. The van der Waals surface area contributed by atoms with Crippen LogP contribution in [0.2, 0.25) is 0 Å². The van der Waals surface area contributed by atoms with Crippen molar-refractivity contribution in [2.75, 3.05) is 13.2 Å². The average molecular weight is 482 g/mol. The largest absolute Gasteiger partial charge is 0.353 e. The van der Waals surface area contributed by atoms with Crippen molar-refractivity contribution in [1.29, 1.82) is 5.26 Å². The number of carbonyl (C=O) groups is 1. The number of hydrogen-bond donors (Lipinski definition) is 0. The molecule has 1 aliphatic heterocycles. The van der Waals surface area contributed by atoms with Crippen LogP contribution in [-0.2, 0) is 14.3 Å². The van der Waals surface area contributed by atoms with E-state index in [4.69, 9.17) is 9.47 Å². The minimum Gasteiger partial charge on any atom is -0.353 e. The third-order valence-corrected chi connectivity index (χ3v) is 12.9. The van der Waals surface area contributed by atoms with Crippen molar-refractivity contribution in [1.82, 2.24) is 0 Å². The lowest BCUT2D eigenvalue weighted by Crippen LogP contribution is -2.62. The van der Waals surface area contributed by atoms with E-state index in [1.54, 1.807) is 0 Å². The maximum absolute atomic E-state index is 12.9. The first kappa shape index (κ1) is 24.4. The van der Waals surface area contributed by atoms with Crippen molar-refractivity contribution >= 4 is 5.78 Å². The first-order valence-electron chi connectivity index (χ1n) is 15.0. The highest BCUT2D eigenvalue weighted by Gasteiger charge is 2.65. The van der Waals surface area contributed by atoms with Gasteiger partial charge in [0.15, 0.2) is 12.1 Å². The highest BCUT2D eigenvalue weighted by atomic mass is 16.7. The van der Waals surface area contributed by atoms with Crippen LogP contribution in [0.4, 0.5) is 0 Å². The van der Waals surface area contributed by atoms with E-state index in [1.165, 1.54) is 70.6 Å². The molecule has 11 unspecified atom stereocenters. The van der Waals surface area contributed by atoms with Gasteiger partial charge in [0.1, 0.15) is 5.92 Å². The summed E-state index contributed by atoms with van der Waals surface area (Å²) in [6.45, 7) is 9.02. The van der Waals surface area contributed by atoms with Gasteiger partial charge < -0.3 is 9.47 Å². The molecule has 0 N–H and O–H groups in total. The summed E-state index contributed by atoms with van der Waals surface area (Å²) in [7, 11) is 0. The van der Waals surface area contributed by atoms with Gasteiger partial charge in [-0.3, -0.25) is 4.79 Å². The quantitative estimate of drug-likeness (QED) is 0.439. The Morgan fingerprint density at radius 2 is 1.77 bits per heavy atom. The number of hydrogen-bond acceptors (Lipinski definition) is 4. The second kappa shape index (κ2) is 8.83. The standard InChI is InChI=1S/C31H47NO3/c1-20-23-11-14-29(2)24-12-15-31(19-35-27-8-4-5-16-34-27)13-6-7-25(31)22(24)9-10-26(29)30(23,3)17-21(18-32)28(20)33/h20-27H,4-17,19H2,1-3H3. The molecule has 1 saturated heterocycles. The van der Waals surface area contributed by atoms with Crippen LogP contribution in [0.5, 0.6) is 0 Å². The fourth-order valence-electron chi connectivity index (χ4n) is 11.4. The van der Waals surface area contributed by atoms with Crippen molar-refractivity contribution in [3.63, 3.8) is 0 Å². The Balaban J connectivity index is 1.23. The molecule has 1 heterocycles. The Morgan fingerprint density at radius 1 is 0.943 bits per heavy atom. The normalized spacial score (nSPS) is 53.6. The van der Waals surface area contributed by atoms with E-state index in [9.17, 15) is 10.1 Å². The molecule has 6 aliphatic rings. The average Bonchev–Trinajstić information content (AvgIpc) is 3.30. The first-order valence-corrected chi connectivity index (χ1v) is 15.0. The fourth-order valence-corrected chi connectivity index (χ4v) is 11.4. The molecule has 4 nitrogen and oxygen atoms in total. The highest BCUT2D eigenvalue weighted by molar-refractivity contribution is 5.86. The van der Waals surface area contributed by atoms with E-state index in [0.29, 0.717) is 22.7 Å². The zero-order chi connectivity index (χ0) is 24.4. The maximum Gasteiger partial charge on any atom is 0.157 e. The van der Waals surface area contributed by atoms with Gasteiger partial charge in [-0.15, -0.1) is 0 Å². The molecule has 0 aromatic carbocycles. The smallest absolute Gasteiger partial charge is 0.157 e. The van der Waals surface area contributed by atoms with Gasteiger partial charge in [-0.05, 0) is 123 Å². The molecule has 0 amide bonds. The summed E-state index contributed by atoms with van der Waals surface area (Å²) < 4.78 is 12.4. The van der Waals surface area contributed by atoms with Gasteiger partial charge in [0.2, 0.25) is 0 Å². The first-order chi connectivity index (χ1) is 16.8. The second-order valence-corrected chi connectivity index (χ2v) is 14.1. The van der Waals surface area contributed by atoms with E-state index in [0.717, 1.165) is 43.8 Å². The molecule has 11 atom stereocenters. The summed E-state index contributed by atoms with van der Waals surface area (Å²) >= 11 is 0. The molecule has 5 saturated carbocycles. The Labute approximate surface area is 212 Å². The van der Waals surface area contributed by atoms with Crippen LogP contribution in [-0.4, -0.2) is 25.3 Å². The Kier molecular flexibility index (Phi) is 6.16. The van der Waals surface area contributed by atoms with Crippen molar-refractivity contribution in [3.8, 4) is 6.07 Å². The van der Waals surface area contributed by atoms with E-state index in [2.05, 4.69) is 26.8 Å². The van der Waals surface area contributed by atoms with E-state index in [-0.39, 0.29) is 29.3 Å². The maximum atomic E-state index is 12.9. The minimum absolute atomic E-state index is 0.0321. The molecule has 35 heavy (non-hydrogen) atoms. The lowest BCUT2D eigenvalue weighted by atomic mass is 9.37. The van der Waals surface area contributed by atoms with E-state index < -0.39 is 0 Å². The van der Waals surface area contributed by atoms with Crippen molar-refractivity contribution in [3.05, 3.63) is 0 Å². The van der Waals surface area contributed by atoms with E-state index >= 15 is 0 Å². The van der Waals surface area contributed by atoms with Crippen LogP contribution in [0.15, 0.2) is 0 Å². The Morgan fingerprint density at radius 3 is 2.54 bits per heavy atom. The molecule has 0 bridgehead atoms. The fraction of sp³-hybridized carbons (Fsp3) is 0.935. The molecular formula is C31H47NO3. The number of nitriles is 1.